The quantitative estimate of drug-likeness (QED) is 0.393. The van der Waals surface area contributed by atoms with Crippen molar-refractivity contribution in [3.8, 4) is 11.5 Å². The number of rotatable bonds is 4. The summed E-state index contributed by atoms with van der Waals surface area (Å²) in [5, 5.41) is 21.7. The summed E-state index contributed by atoms with van der Waals surface area (Å²) in [7, 11) is 0. The van der Waals surface area contributed by atoms with E-state index in [0.717, 1.165) is 6.21 Å². The highest BCUT2D eigenvalue weighted by atomic mass is 16.7. The number of amides is 1. The van der Waals surface area contributed by atoms with Crippen LogP contribution in [-0.2, 0) is 0 Å². The Balaban J connectivity index is 1.61. The van der Waals surface area contributed by atoms with Crippen molar-refractivity contribution in [2.45, 2.75) is 0 Å². The number of benzene rings is 2. The lowest BCUT2D eigenvalue weighted by Crippen LogP contribution is -2.22. The van der Waals surface area contributed by atoms with Gasteiger partial charge >= 0.3 is 0 Å². The van der Waals surface area contributed by atoms with Crippen molar-refractivity contribution < 1.29 is 19.2 Å². The molecular weight excluding hydrogens is 370 g/mol. The van der Waals surface area contributed by atoms with E-state index >= 15 is 0 Å². The monoisotopic (exact) mass is 381 g/mol. The molecule has 0 radical (unpaired) electrons. The van der Waals surface area contributed by atoms with Gasteiger partial charge in [-0.25, -0.2) is 10.5 Å². The molecule has 0 bridgehead atoms. The summed E-state index contributed by atoms with van der Waals surface area (Å²) in [6, 6.07) is 9.09. The van der Waals surface area contributed by atoms with E-state index in [-0.39, 0.29) is 29.5 Å². The summed E-state index contributed by atoms with van der Waals surface area (Å²) in [4.78, 5) is 34.8. The number of hydrogen-bond donors (Lipinski definition) is 2. The molecule has 2 aromatic carbocycles. The van der Waals surface area contributed by atoms with Crippen LogP contribution in [0.15, 0.2) is 46.3 Å². The van der Waals surface area contributed by atoms with Crippen molar-refractivity contribution in [2.24, 2.45) is 5.10 Å². The van der Waals surface area contributed by atoms with Gasteiger partial charge in [0.05, 0.1) is 28.2 Å². The molecule has 1 aliphatic rings. The van der Waals surface area contributed by atoms with Crippen LogP contribution in [-0.4, -0.2) is 34.0 Å². The molecule has 4 rings (SSSR count). The van der Waals surface area contributed by atoms with Crippen molar-refractivity contribution in [1.29, 1.82) is 0 Å². The Bertz CT molecular complexity index is 1200. The Morgan fingerprint density at radius 1 is 1.25 bits per heavy atom. The fourth-order valence-electron chi connectivity index (χ4n) is 2.71. The van der Waals surface area contributed by atoms with E-state index in [4.69, 9.17) is 9.47 Å². The molecule has 0 fully saturated rings. The number of aromatic nitrogens is 2. The van der Waals surface area contributed by atoms with Crippen molar-refractivity contribution in [2.75, 3.05) is 6.79 Å². The second-order valence-electron chi connectivity index (χ2n) is 5.67. The van der Waals surface area contributed by atoms with Gasteiger partial charge in [0.2, 0.25) is 6.79 Å². The molecule has 140 valence electrons. The Kier molecular flexibility index (Phi) is 4.16. The topological polar surface area (TPSA) is 149 Å². The van der Waals surface area contributed by atoms with E-state index < -0.39 is 16.4 Å². The van der Waals surface area contributed by atoms with Crippen LogP contribution in [0.4, 0.5) is 5.69 Å². The first kappa shape index (κ1) is 17.1. The second-order valence-corrected chi connectivity index (χ2v) is 5.67. The van der Waals surface area contributed by atoms with Gasteiger partial charge in [0.1, 0.15) is 0 Å². The minimum atomic E-state index is -0.688. The van der Waals surface area contributed by atoms with E-state index in [2.05, 4.69) is 20.7 Å². The molecule has 0 unspecified atom stereocenters. The fraction of sp³-hybridized carbons (Fsp3) is 0.0588. The number of aromatic amines is 1. The van der Waals surface area contributed by atoms with Gasteiger partial charge in [0.15, 0.2) is 17.2 Å². The Labute approximate surface area is 155 Å². The van der Waals surface area contributed by atoms with E-state index in [1.807, 2.05) is 0 Å². The number of carbonyl (C=O) groups is 1. The molecule has 11 heteroatoms. The fourth-order valence-corrected chi connectivity index (χ4v) is 2.71. The largest absolute Gasteiger partial charge is 0.454 e. The number of nitrogens with one attached hydrogen (secondary N) is 2. The molecule has 0 saturated carbocycles. The average molecular weight is 381 g/mol. The van der Waals surface area contributed by atoms with Crippen molar-refractivity contribution in [3.63, 3.8) is 0 Å². The van der Waals surface area contributed by atoms with Crippen LogP contribution in [0.2, 0.25) is 0 Å². The van der Waals surface area contributed by atoms with Gasteiger partial charge in [0.25, 0.3) is 17.2 Å². The smallest absolute Gasteiger partial charge is 0.292 e. The van der Waals surface area contributed by atoms with Crippen LogP contribution in [0.1, 0.15) is 16.1 Å². The van der Waals surface area contributed by atoms with Gasteiger partial charge in [0, 0.05) is 5.39 Å². The van der Waals surface area contributed by atoms with Gasteiger partial charge in [-0.15, -0.1) is 0 Å². The molecule has 2 N–H and O–H groups in total. The minimum Gasteiger partial charge on any atom is -0.454 e. The van der Waals surface area contributed by atoms with E-state index in [9.17, 15) is 19.7 Å². The lowest BCUT2D eigenvalue weighted by atomic mass is 10.1. The zero-order valence-electron chi connectivity index (χ0n) is 14.0. The number of nitro groups is 1. The molecular formula is C17H11N5O6. The number of nitro benzene ring substituents is 1. The Hall–Kier alpha value is -4.28. The van der Waals surface area contributed by atoms with Gasteiger partial charge in [-0.05, 0) is 12.1 Å². The molecule has 11 nitrogen and oxygen atoms in total. The lowest BCUT2D eigenvalue weighted by Gasteiger charge is -2.03. The predicted octanol–water partition coefficient (Wildman–Crippen LogP) is 1.32. The summed E-state index contributed by atoms with van der Waals surface area (Å²) in [6.45, 7) is -0.0330. The van der Waals surface area contributed by atoms with Crippen molar-refractivity contribution in [1.82, 2.24) is 15.6 Å². The Morgan fingerprint density at radius 3 is 2.71 bits per heavy atom. The molecule has 1 amide bonds. The summed E-state index contributed by atoms with van der Waals surface area (Å²) in [6.07, 6.45) is 1.12. The predicted molar refractivity (Wildman–Crippen MR) is 96.6 cm³/mol. The summed E-state index contributed by atoms with van der Waals surface area (Å²) in [5.74, 6) is -0.0874. The zero-order chi connectivity index (χ0) is 19.7. The highest BCUT2D eigenvalue weighted by Gasteiger charge is 2.22. The third-order valence-corrected chi connectivity index (χ3v) is 4.00. The maximum Gasteiger partial charge on any atom is 0.292 e. The summed E-state index contributed by atoms with van der Waals surface area (Å²) in [5.41, 5.74) is 1.65. The molecule has 0 saturated heterocycles. The average Bonchev–Trinajstić information content (AvgIpc) is 3.15. The molecule has 0 aliphatic carbocycles. The first-order valence-electron chi connectivity index (χ1n) is 7.93. The minimum absolute atomic E-state index is 0.0330. The van der Waals surface area contributed by atoms with Gasteiger partial charge < -0.3 is 9.47 Å². The van der Waals surface area contributed by atoms with Gasteiger partial charge in [-0.1, -0.05) is 18.2 Å². The van der Waals surface area contributed by atoms with Gasteiger partial charge in [-0.3, -0.25) is 19.7 Å². The number of hydrogen-bond acceptors (Lipinski definition) is 8. The molecule has 0 spiro atoms. The number of fused-ring (bicyclic) bond motifs is 2. The third kappa shape index (κ3) is 3.00. The highest BCUT2D eigenvalue weighted by Crippen LogP contribution is 2.37. The third-order valence-electron chi connectivity index (χ3n) is 4.00. The van der Waals surface area contributed by atoms with Crippen LogP contribution >= 0.6 is 0 Å². The number of nitrogens with zero attached hydrogens (tertiary/aromatic N) is 3. The molecule has 1 aromatic heterocycles. The number of ether oxygens (including phenoxy) is 2. The first-order chi connectivity index (χ1) is 13.5. The lowest BCUT2D eigenvalue weighted by molar-refractivity contribution is -0.385. The maximum absolute atomic E-state index is 12.4. The zero-order valence-corrected chi connectivity index (χ0v) is 14.0. The molecule has 1 aliphatic heterocycles. The SMILES string of the molecule is O=C(N/N=C\c1cc2c(cc1[N+](=O)[O-])OCO2)c1n[nH]c(=O)c2ccccc12. The maximum atomic E-state index is 12.4. The molecule has 2 heterocycles. The number of H-pyrrole nitrogens is 1. The summed E-state index contributed by atoms with van der Waals surface area (Å²) >= 11 is 0. The van der Waals surface area contributed by atoms with E-state index in [0.29, 0.717) is 16.5 Å². The van der Waals surface area contributed by atoms with Crippen LogP contribution < -0.4 is 20.5 Å². The number of carbonyl (C=O) groups excluding carboxylic acids is 1. The van der Waals surface area contributed by atoms with Gasteiger partial charge in [-0.2, -0.15) is 10.2 Å². The normalized spacial score (nSPS) is 12.4. The van der Waals surface area contributed by atoms with Crippen molar-refractivity contribution in [3.05, 3.63) is 68.1 Å². The molecule has 3 aromatic rings. The number of hydrazone groups is 1. The Morgan fingerprint density at radius 2 is 1.96 bits per heavy atom. The van der Waals surface area contributed by atoms with E-state index in [1.54, 1.807) is 24.3 Å². The van der Waals surface area contributed by atoms with E-state index in [1.165, 1.54) is 12.1 Å². The van der Waals surface area contributed by atoms with Crippen LogP contribution in [0, 0.1) is 10.1 Å². The second kappa shape index (κ2) is 6.79. The summed E-state index contributed by atoms with van der Waals surface area (Å²) < 4.78 is 10.3. The molecule has 28 heavy (non-hydrogen) atoms. The van der Waals surface area contributed by atoms with Crippen LogP contribution in [0.25, 0.3) is 10.8 Å². The first-order valence-corrected chi connectivity index (χ1v) is 7.93. The van der Waals surface area contributed by atoms with Crippen molar-refractivity contribution >= 4 is 28.6 Å². The standard InChI is InChI=1S/C17H11N5O6/c23-16-11-4-2-1-3-10(11)15(19-21-16)17(24)20-18-7-9-5-13-14(28-8-27-13)6-12(9)22(25)26/h1-7H,8H2,(H,20,24)(H,21,23)/b18-7-. The highest BCUT2D eigenvalue weighted by molar-refractivity contribution is 6.05. The van der Waals surface area contributed by atoms with Crippen LogP contribution in [0.5, 0.6) is 11.5 Å². The van der Waals surface area contributed by atoms with Crippen LogP contribution in [0.3, 0.4) is 0 Å². The molecule has 0 atom stereocenters.